The van der Waals surface area contributed by atoms with Crippen LogP contribution in [0.15, 0.2) is 12.1 Å². The molecule has 0 spiro atoms. The number of halogens is 3. The third kappa shape index (κ3) is 4.49. The molecule has 0 aliphatic heterocycles. The van der Waals surface area contributed by atoms with Crippen LogP contribution in [-0.2, 0) is 0 Å². The van der Waals surface area contributed by atoms with E-state index in [1.54, 1.807) is 0 Å². The zero-order valence-electron chi connectivity index (χ0n) is 12.4. The van der Waals surface area contributed by atoms with E-state index in [0.29, 0.717) is 6.42 Å². The van der Waals surface area contributed by atoms with Gasteiger partial charge in [-0.3, -0.25) is 11.3 Å². The number of nitrogens with one attached hydrogen (secondary N) is 1. The molecular formula is C15H23F3N2. The molecule has 0 radical (unpaired) electrons. The van der Waals surface area contributed by atoms with Crippen molar-refractivity contribution in [1.82, 2.24) is 5.43 Å². The maximum absolute atomic E-state index is 13.8. The smallest absolute Gasteiger partial charge is 0.194 e. The maximum Gasteiger partial charge on any atom is 0.194 e. The van der Waals surface area contributed by atoms with Gasteiger partial charge < -0.3 is 0 Å². The van der Waals surface area contributed by atoms with Crippen LogP contribution < -0.4 is 11.3 Å². The van der Waals surface area contributed by atoms with E-state index in [1.165, 1.54) is 6.07 Å². The fourth-order valence-electron chi connectivity index (χ4n) is 2.63. The molecule has 0 bridgehead atoms. The third-order valence-corrected chi connectivity index (χ3v) is 3.24. The molecule has 2 unspecified atom stereocenters. The van der Waals surface area contributed by atoms with Gasteiger partial charge in [-0.05, 0) is 30.2 Å². The Morgan fingerprint density at radius 3 is 2.25 bits per heavy atom. The van der Waals surface area contributed by atoms with Crippen molar-refractivity contribution < 1.29 is 13.2 Å². The van der Waals surface area contributed by atoms with Gasteiger partial charge in [0.05, 0.1) is 0 Å². The largest absolute Gasteiger partial charge is 0.271 e. The van der Waals surface area contributed by atoms with Gasteiger partial charge in [0.1, 0.15) is 0 Å². The second-order valence-electron chi connectivity index (χ2n) is 6.59. The lowest BCUT2D eigenvalue weighted by Crippen LogP contribution is -2.31. The maximum atomic E-state index is 13.8. The molecule has 0 saturated carbocycles. The lowest BCUT2D eigenvalue weighted by Gasteiger charge is -2.27. The predicted molar refractivity (Wildman–Crippen MR) is 74.2 cm³/mol. The van der Waals surface area contributed by atoms with Crippen LogP contribution in [0, 0.1) is 28.8 Å². The van der Waals surface area contributed by atoms with Gasteiger partial charge in [-0.15, -0.1) is 0 Å². The topological polar surface area (TPSA) is 38.0 Å². The molecule has 1 aromatic carbocycles. The summed E-state index contributed by atoms with van der Waals surface area (Å²) in [5, 5.41) is 0. The van der Waals surface area contributed by atoms with E-state index in [-0.39, 0.29) is 16.9 Å². The monoisotopic (exact) mass is 288 g/mol. The molecular weight excluding hydrogens is 265 g/mol. The zero-order chi connectivity index (χ0) is 15.5. The first-order valence-corrected chi connectivity index (χ1v) is 6.75. The van der Waals surface area contributed by atoms with E-state index < -0.39 is 23.5 Å². The molecule has 3 N–H and O–H groups in total. The summed E-state index contributed by atoms with van der Waals surface area (Å²) in [5.41, 5.74) is 2.70. The molecule has 0 heterocycles. The van der Waals surface area contributed by atoms with Gasteiger partial charge in [0.25, 0.3) is 0 Å². The van der Waals surface area contributed by atoms with E-state index in [2.05, 4.69) is 26.2 Å². The highest BCUT2D eigenvalue weighted by molar-refractivity contribution is 5.23. The van der Waals surface area contributed by atoms with Crippen molar-refractivity contribution in [1.29, 1.82) is 0 Å². The first kappa shape index (κ1) is 17.0. The summed E-state index contributed by atoms with van der Waals surface area (Å²) in [6.07, 6.45) is 1.48. The Bertz CT molecular complexity index is 455. The van der Waals surface area contributed by atoms with Crippen molar-refractivity contribution in [3.8, 4) is 0 Å². The number of hydrazine groups is 1. The number of hydrogen-bond acceptors (Lipinski definition) is 2. The van der Waals surface area contributed by atoms with Gasteiger partial charge in [0.15, 0.2) is 17.5 Å². The molecule has 5 heteroatoms. The Labute approximate surface area is 118 Å². The lowest BCUT2D eigenvalue weighted by molar-refractivity contribution is 0.273. The molecule has 1 aromatic rings. The molecule has 20 heavy (non-hydrogen) atoms. The predicted octanol–water partition coefficient (Wildman–Crippen LogP) is 4.07. The van der Waals surface area contributed by atoms with Crippen LogP contribution in [0.25, 0.3) is 0 Å². The van der Waals surface area contributed by atoms with Gasteiger partial charge in [-0.25, -0.2) is 13.2 Å². The van der Waals surface area contributed by atoms with Crippen molar-refractivity contribution in [2.24, 2.45) is 17.2 Å². The zero-order valence-corrected chi connectivity index (χ0v) is 12.4. The fraction of sp³-hybridized carbons (Fsp3) is 0.600. The minimum absolute atomic E-state index is 0.0622. The fourth-order valence-corrected chi connectivity index (χ4v) is 2.63. The van der Waals surface area contributed by atoms with Crippen molar-refractivity contribution in [3.63, 3.8) is 0 Å². The summed E-state index contributed by atoms with van der Waals surface area (Å²) in [6.45, 7) is 8.39. The van der Waals surface area contributed by atoms with E-state index in [0.717, 1.165) is 12.5 Å². The van der Waals surface area contributed by atoms with Crippen molar-refractivity contribution in [2.45, 2.75) is 46.6 Å². The molecule has 1 rings (SSSR count). The van der Waals surface area contributed by atoms with Crippen LogP contribution in [0.2, 0.25) is 0 Å². The van der Waals surface area contributed by atoms with Crippen molar-refractivity contribution in [2.75, 3.05) is 0 Å². The Kier molecular flexibility index (Phi) is 5.59. The molecule has 2 nitrogen and oxygen atoms in total. The minimum Gasteiger partial charge on any atom is -0.271 e. The van der Waals surface area contributed by atoms with Gasteiger partial charge in [0, 0.05) is 11.6 Å². The molecule has 0 aromatic heterocycles. The molecule has 0 aliphatic carbocycles. The molecule has 0 amide bonds. The summed E-state index contributed by atoms with van der Waals surface area (Å²) >= 11 is 0. The Hall–Kier alpha value is -1.07. The molecule has 0 saturated heterocycles. The second-order valence-corrected chi connectivity index (χ2v) is 6.59. The number of rotatable bonds is 5. The second kappa shape index (κ2) is 6.59. The van der Waals surface area contributed by atoms with Gasteiger partial charge >= 0.3 is 0 Å². The van der Waals surface area contributed by atoms with Crippen LogP contribution in [-0.4, -0.2) is 0 Å². The number of nitrogens with two attached hydrogens (primary N) is 1. The van der Waals surface area contributed by atoms with Crippen molar-refractivity contribution in [3.05, 3.63) is 35.1 Å². The molecule has 0 fully saturated rings. The number of hydrogen-bond donors (Lipinski definition) is 2. The Morgan fingerprint density at radius 2 is 1.75 bits per heavy atom. The summed E-state index contributed by atoms with van der Waals surface area (Å²) in [4.78, 5) is 0. The SMILES string of the molecule is CC(CC(NN)c1ccc(F)c(F)c1F)CC(C)(C)C. The molecule has 0 aliphatic rings. The third-order valence-electron chi connectivity index (χ3n) is 3.24. The Morgan fingerprint density at radius 1 is 1.15 bits per heavy atom. The highest BCUT2D eigenvalue weighted by Gasteiger charge is 2.23. The van der Waals surface area contributed by atoms with Gasteiger partial charge in [-0.2, -0.15) is 0 Å². The van der Waals surface area contributed by atoms with E-state index in [4.69, 9.17) is 5.84 Å². The van der Waals surface area contributed by atoms with Gasteiger partial charge in [-0.1, -0.05) is 33.8 Å². The minimum atomic E-state index is -1.45. The lowest BCUT2D eigenvalue weighted by atomic mass is 9.82. The van der Waals surface area contributed by atoms with Crippen LogP contribution in [0.3, 0.4) is 0 Å². The van der Waals surface area contributed by atoms with E-state index in [9.17, 15) is 13.2 Å². The summed E-state index contributed by atoms with van der Waals surface area (Å²) < 4.78 is 40.0. The first-order chi connectivity index (χ1) is 9.15. The normalized spacial score (nSPS) is 15.2. The summed E-state index contributed by atoms with van der Waals surface area (Å²) in [6, 6.07) is 1.62. The highest BCUT2D eigenvalue weighted by Crippen LogP contribution is 2.31. The average molecular weight is 288 g/mol. The summed E-state index contributed by atoms with van der Waals surface area (Å²) in [5.74, 6) is 1.90. The standard InChI is InChI=1S/C15H23F3N2/c1-9(8-15(2,3)4)7-12(20-19)10-5-6-11(16)14(18)13(10)17/h5-6,9,12,20H,7-8,19H2,1-4H3. The quantitative estimate of drug-likeness (QED) is 0.487. The highest BCUT2D eigenvalue weighted by atomic mass is 19.2. The molecule has 2 atom stereocenters. The summed E-state index contributed by atoms with van der Waals surface area (Å²) in [7, 11) is 0. The van der Waals surface area contributed by atoms with Crippen LogP contribution in [0.5, 0.6) is 0 Å². The molecule has 114 valence electrons. The van der Waals surface area contributed by atoms with E-state index in [1.807, 2.05) is 6.92 Å². The van der Waals surface area contributed by atoms with E-state index >= 15 is 0 Å². The average Bonchev–Trinajstić information content (AvgIpc) is 2.32. The van der Waals surface area contributed by atoms with Crippen molar-refractivity contribution >= 4 is 0 Å². The first-order valence-electron chi connectivity index (χ1n) is 6.75. The Balaban J connectivity index is 2.89. The van der Waals surface area contributed by atoms with Gasteiger partial charge in [0.2, 0.25) is 0 Å². The van der Waals surface area contributed by atoms with Crippen LogP contribution in [0.4, 0.5) is 13.2 Å². The number of benzene rings is 1. The van der Waals surface area contributed by atoms with Crippen LogP contribution >= 0.6 is 0 Å². The van der Waals surface area contributed by atoms with Crippen LogP contribution in [0.1, 0.15) is 52.1 Å².